The molecule has 0 fully saturated rings. The lowest BCUT2D eigenvalue weighted by Crippen LogP contribution is -2.17. The van der Waals surface area contributed by atoms with Gasteiger partial charge in [-0.3, -0.25) is 4.79 Å². The molecule has 0 heterocycles. The van der Waals surface area contributed by atoms with E-state index in [0.717, 1.165) is 12.1 Å². The molecule has 0 amide bonds. The molecule has 0 aromatic carbocycles. The first-order valence-corrected chi connectivity index (χ1v) is 4.19. The highest BCUT2D eigenvalue weighted by Crippen LogP contribution is 2.10. The Hall–Kier alpha value is -0.760. The Morgan fingerprint density at radius 1 is 1.50 bits per heavy atom. The van der Waals surface area contributed by atoms with E-state index >= 15 is 0 Å². The van der Waals surface area contributed by atoms with Crippen LogP contribution in [0.2, 0.25) is 0 Å². The number of ketones is 1. The van der Waals surface area contributed by atoms with Crippen molar-refractivity contribution in [2.75, 3.05) is 0 Å². The molecule has 0 aromatic rings. The Kier molecular flexibility index (Phi) is 4.67. The number of nitrogens with one attached hydrogen (secondary N) is 1. The maximum atomic E-state index is 10.8. The van der Waals surface area contributed by atoms with Crippen molar-refractivity contribution in [3.05, 3.63) is 23.0 Å². The second-order valence-electron chi connectivity index (χ2n) is 2.53. The van der Waals surface area contributed by atoms with Crippen molar-refractivity contribution in [3.63, 3.8) is 0 Å². The molecule has 0 aliphatic rings. The Morgan fingerprint density at radius 3 is 2.25 bits per heavy atom. The van der Waals surface area contributed by atoms with Crippen LogP contribution in [0.5, 0.6) is 0 Å². The van der Waals surface area contributed by atoms with E-state index in [9.17, 15) is 4.79 Å². The van der Waals surface area contributed by atoms with Crippen molar-refractivity contribution in [1.82, 2.24) is 5.32 Å². The molecule has 0 atom stereocenters. The molecule has 0 bridgehead atoms. The lowest BCUT2D eigenvalue weighted by atomic mass is 10.2. The molecule has 0 saturated heterocycles. The monoisotopic (exact) mass is 187 g/mol. The fraction of sp³-hybridized carbons (Fsp3) is 0.444. The summed E-state index contributed by atoms with van der Waals surface area (Å²) in [5, 5.41) is 3.54. The van der Waals surface area contributed by atoms with Gasteiger partial charge in [-0.15, -0.1) is 0 Å². The number of allylic oxidation sites excluding steroid dienone is 3. The summed E-state index contributed by atoms with van der Waals surface area (Å²) in [7, 11) is 0. The second kappa shape index (κ2) is 4.99. The van der Waals surface area contributed by atoms with Gasteiger partial charge < -0.3 is 5.32 Å². The average molecular weight is 188 g/mol. The highest BCUT2D eigenvalue weighted by molar-refractivity contribution is 6.29. The lowest BCUT2D eigenvalue weighted by molar-refractivity contribution is -0.113. The zero-order valence-corrected chi connectivity index (χ0v) is 8.46. The van der Waals surface area contributed by atoms with E-state index in [4.69, 9.17) is 11.6 Å². The number of rotatable bonds is 4. The van der Waals surface area contributed by atoms with Gasteiger partial charge in [-0.05, 0) is 13.3 Å². The van der Waals surface area contributed by atoms with Gasteiger partial charge in [-0.1, -0.05) is 25.1 Å². The van der Waals surface area contributed by atoms with Gasteiger partial charge >= 0.3 is 0 Å². The minimum absolute atomic E-state index is 0.0705. The van der Waals surface area contributed by atoms with Crippen LogP contribution in [0.4, 0.5) is 0 Å². The largest absolute Gasteiger partial charge is 0.356 e. The molecule has 12 heavy (non-hydrogen) atoms. The fourth-order valence-electron chi connectivity index (χ4n) is 0.688. The first kappa shape index (κ1) is 11.2. The van der Waals surface area contributed by atoms with E-state index in [2.05, 4.69) is 11.9 Å². The molecule has 0 saturated carbocycles. The minimum Gasteiger partial charge on any atom is -0.356 e. The summed E-state index contributed by atoms with van der Waals surface area (Å²) in [4.78, 5) is 10.8. The number of halogens is 1. The molecule has 0 spiro atoms. The predicted molar refractivity (Wildman–Crippen MR) is 51.8 cm³/mol. The number of hydrogen-bond acceptors (Lipinski definition) is 2. The van der Waals surface area contributed by atoms with Crippen molar-refractivity contribution >= 4 is 17.4 Å². The Morgan fingerprint density at radius 2 is 2.00 bits per heavy atom. The van der Waals surface area contributed by atoms with E-state index in [0.29, 0.717) is 10.7 Å². The first-order valence-electron chi connectivity index (χ1n) is 3.81. The first-order chi connectivity index (χ1) is 5.49. The SMILES string of the molecule is C=C(N/C(CC)=C(\C)Cl)C(C)=O. The molecule has 0 aliphatic carbocycles. The van der Waals surface area contributed by atoms with Crippen molar-refractivity contribution < 1.29 is 4.79 Å². The predicted octanol–water partition coefficient (Wildman–Crippen LogP) is 2.56. The summed E-state index contributed by atoms with van der Waals surface area (Å²) in [5.74, 6) is -0.0705. The third kappa shape index (κ3) is 3.58. The quantitative estimate of drug-likeness (QED) is 0.686. The van der Waals surface area contributed by atoms with Crippen LogP contribution in [0, 0.1) is 0 Å². The van der Waals surface area contributed by atoms with Gasteiger partial charge in [-0.25, -0.2) is 0 Å². The fourth-order valence-corrected chi connectivity index (χ4v) is 0.869. The van der Waals surface area contributed by atoms with Gasteiger partial charge in [0.05, 0.1) is 5.70 Å². The number of Topliss-reactive ketones (excluding diaryl/α,β-unsaturated/α-hetero) is 1. The summed E-state index contributed by atoms with van der Waals surface area (Å²) >= 11 is 5.76. The van der Waals surface area contributed by atoms with Crippen LogP contribution in [-0.4, -0.2) is 5.78 Å². The summed E-state index contributed by atoms with van der Waals surface area (Å²) < 4.78 is 0. The van der Waals surface area contributed by atoms with Gasteiger partial charge in [0.2, 0.25) is 0 Å². The van der Waals surface area contributed by atoms with Crippen LogP contribution in [0.15, 0.2) is 23.0 Å². The molecule has 0 unspecified atom stereocenters. The summed E-state index contributed by atoms with van der Waals surface area (Å²) in [6, 6.07) is 0. The molecule has 2 nitrogen and oxygen atoms in total. The van der Waals surface area contributed by atoms with Crippen molar-refractivity contribution in [3.8, 4) is 0 Å². The molecule has 3 heteroatoms. The van der Waals surface area contributed by atoms with Gasteiger partial charge in [0.25, 0.3) is 0 Å². The standard InChI is InChI=1S/C9H14ClNO/c1-5-9(6(2)10)11-7(3)8(4)12/h11H,3,5H2,1-2,4H3/b9-6+. The number of hydrogen-bond donors (Lipinski definition) is 1. The van der Waals surface area contributed by atoms with Crippen LogP contribution >= 0.6 is 11.6 Å². The van der Waals surface area contributed by atoms with Gasteiger partial charge in [0, 0.05) is 17.7 Å². The Bertz CT molecular complexity index is 227. The maximum absolute atomic E-state index is 10.8. The van der Waals surface area contributed by atoms with Gasteiger partial charge in [0.15, 0.2) is 5.78 Å². The molecule has 0 aliphatic heterocycles. The zero-order valence-electron chi connectivity index (χ0n) is 7.70. The van der Waals surface area contributed by atoms with Crippen molar-refractivity contribution in [1.29, 1.82) is 0 Å². The van der Waals surface area contributed by atoms with E-state index in [1.165, 1.54) is 6.92 Å². The summed E-state index contributed by atoms with van der Waals surface area (Å²) in [6.07, 6.45) is 0.766. The van der Waals surface area contributed by atoms with Crippen LogP contribution < -0.4 is 5.32 Å². The highest BCUT2D eigenvalue weighted by atomic mass is 35.5. The summed E-state index contributed by atoms with van der Waals surface area (Å²) in [5.41, 5.74) is 1.23. The molecule has 1 N–H and O–H groups in total. The number of carbonyl (C=O) groups is 1. The van der Waals surface area contributed by atoms with Crippen LogP contribution in [0.25, 0.3) is 0 Å². The molecule has 0 aromatic heterocycles. The van der Waals surface area contributed by atoms with Crippen LogP contribution in [0.1, 0.15) is 27.2 Å². The van der Waals surface area contributed by atoms with E-state index in [-0.39, 0.29) is 5.78 Å². The van der Waals surface area contributed by atoms with Gasteiger partial charge in [-0.2, -0.15) is 0 Å². The van der Waals surface area contributed by atoms with E-state index in [1.807, 2.05) is 6.92 Å². The zero-order chi connectivity index (χ0) is 9.72. The summed E-state index contributed by atoms with van der Waals surface area (Å²) in [6.45, 7) is 8.77. The molecular weight excluding hydrogens is 174 g/mol. The molecule has 68 valence electrons. The normalized spacial score (nSPS) is 12.0. The minimum atomic E-state index is -0.0705. The maximum Gasteiger partial charge on any atom is 0.175 e. The van der Waals surface area contributed by atoms with Crippen molar-refractivity contribution in [2.45, 2.75) is 27.2 Å². The lowest BCUT2D eigenvalue weighted by Gasteiger charge is -2.09. The topological polar surface area (TPSA) is 29.1 Å². The molecule has 0 rings (SSSR count). The third-order valence-corrected chi connectivity index (χ3v) is 1.72. The van der Waals surface area contributed by atoms with Crippen LogP contribution in [0.3, 0.4) is 0 Å². The third-order valence-electron chi connectivity index (χ3n) is 1.50. The Balaban J connectivity index is 4.34. The Labute approximate surface area is 78.3 Å². The van der Waals surface area contributed by atoms with Gasteiger partial charge in [0.1, 0.15) is 0 Å². The molecule has 0 radical (unpaired) electrons. The average Bonchev–Trinajstić information content (AvgIpc) is 1.98. The molecular formula is C9H14ClNO. The van der Waals surface area contributed by atoms with E-state index in [1.54, 1.807) is 6.92 Å². The van der Waals surface area contributed by atoms with Crippen LogP contribution in [-0.2, 0) is 4.79 Å². The van der Waals surface area contributed by atoms with E-state index < -0.39 is 0 Å². The number of carbonyl (C=O) groups excluding carboxylic acids is 1. The second-order valence-corrected chi connectivity index (χ2v) is 3.09. The van der Waals surface area contributed by atoms with Crippen molar-refractivity contribution in [2.24, 2.45) is 0 Å². The highest BCUT2D eigenvalue weighted by Gasteiger charge is 2.03. The smallest absolute Gasteiger partial charge is 0.175 e.